The summed E-state index contributed by atoms with van der Waals surface area (Å²) in [6, 6.07) is 5.49. The topological polar surface area (TPSA) is 79.3 Å². The third kappa shape index (κ3) is 2.62. The number of hydrogen-bond acceptors (Lipinski definition) is 5. The third-order valence-electron chi connectivity index (χ3n) is 2.38. The molecule has 0 aliphatic heterocycles. The standard InChI is InChI=1S/C11H12N2O3S2/c1-7-8(2)17-11(12-7)13-18(15,16)10-5-3-4-9(14)6-10/h3-6,14H,1-2H3,(H,12,13). The van der Waals surface area contributed by atoms with Crippen LogP contribution >= 0.6 is 11.3 Å². The van der Waals surface area contributed by atoms with Crippen LogP contribution in [0.3, 0.4) is 0 Å². The molecule has 2 N–H and O–H groups in total. The lowest BCUT2D eigenvalue weighted by Gasteiger charge is -2.05. The van der Waals surface area contributed by atoms with E-state index in [0.29, 0.717) is 5.13 Å². The van der Waals surface area contributed by atoms with Crippen molar-refractivity contribution in [2.75, 3.05) is 4.72 Å². The second-order valence-corrected chi connectivity index (χ2v) is 6.65. The van der Waals surface area contributed by atoms with Gasteiger partial charge in [-0.3, -0.25) is 4.72 Å². The molecule has 0 spiro atoms. The van der Waals surface area contributed by atoms with E-state index < -0.39 is 10.0 Å². The van der Waals surface area contributed by atoms with Gasteiger partial charge >= 0.3 is 0 Å². The Morgan fingerprint density at radius 1 is 1.33 bits per heavy atom. The van der Waals surface area contributed by atoms with Gasteiger partial charge < -0.3 is 5.11 Å². The number of aromatic hydroxyl groups is 1. The molecule has 18 heavy (non-hydrogen) atoms. The average molecular weight is 284 g/mol. The largest absolute Gasteiger partial charge is 0.508 e. The Morgan fingerprint density at radius 2 is 2.06 bits per heavy atom. The number of nitrogens with zero attached hydrogens (tertiary/aromatic N) is 1. The highest BCUT2D eigenvalue weighted by molar-refractivity contribution is 7.93. The van der Waals surface area contributed by atoms with Gasteiger partial charge in [0.15, 0.2) is 5.13 Å². The van der Waals surface area contributed by atoms with E-state index in [1.165, 1.54) is 35.6 Å². The van der Waals surface area contributed by atoms with Crippen LogP contribution in [0.15, 0.2) is 29.2 Å². The molecule has 0 radical (unpaired) electrons. The zero-order chi connectivity index (χ0) is 13.3. The van der Waals surface area contributed by atoms with Gasteiger partial charge in [0.2, 0.25) is 0 Å². The van der Waals surface area contributed by atoms with E-state index >= 15 is 0 Å². The Kier molecular flexibility index (Phi) is 3.27. The molecule has 0 saturated carbocycles. The van der Waals surface area contributed by atoms with E-state index in [2.05, 4.69) is 9.71 Å². The minimum absolute atomic E-state index is 0.00741. The molecule has 0 unspecified atom stereocenters. The first-order valence-corrected chi connectivity index (χ1v) is 7.44. The summed E-state index contributed by atoms with van der Waals surface area (Å²) < 4.78 is 26.4. The van der Waals surface area contributed by atoms with Crippen molar-refractivity contribution in [3.8, 4) is 5.75 Å². The number of sulfonamides is 1. The second-order valence-electron chi connectivity index (χ2n) is 3.76. The maximum Gasteiger partial charge on any atom is 0.263 e. The summed E-state index contributed by atoms with van der Waals surface area (Å²) in [7, 11) is -3.70. The third-order valence-corrected chi connectivity index (χ3v) is 4.83. The molecule has 0 bridgehead atoms. The van der Waals surface area contributed by atoms with E-state index in [1.54, 1.807) is 0 Å². The van der Waals surface area contributed by atoms with E-state index in [4.69, 9.17) is 0 Å². The molecule has 0 aliphatic carbocycles. The molecule has 1 aromatic carbocycles. The molecule has 2 rings (SSSR count). The summed E-state index contributed by atoms with van der Waals surface area (Å²) in [5.41, 5.74) is 0.800. The van der Waals surface area contributed by atoms with E-state index in [-0.39, 0.29) is 10.6 Å². The van der Waals surface area contributed by atoms with Gasteiger partial charge in [0.1, 0.15) is 5.75 Å². The van der Waals surface area contributed by atoms with Crippen LogP contribution in [0.5, 0.6) is 5.75 Å². The van der Waals surface area contributed by atoms with E-state index in [9.17, 15) is 13.5 Å². The number of nitrogens with one attached hydrogen (secondary N) is 1. The quantitative estimate of drug-likeness (QED) is 0.906. The number of thiazole rings is 1. The predicted octanol–water partition coefficient (Wildman–Crippen LogP) is 2.27. The number of anilines is 1. The summed E-state index contributed by atoms with van der Waals surface area (Å²) in [5.74, 6) is -0.0932. The number of rotatable bonds is 3. The Hall–Kier alpha value is -1.60. The fourth-order valence-electron chi connectivity index (χ4n) is 1.34. The van der Waals surface area contributed by atoms with Crippen molar-refractivity contribution >= 4 is 26.5 Å². The Labute approximate surface area is 109 Å². The summed E-state index contributed by atoms with van der Waals surface area (Å²) in [6.45, 7) is 3.69. The molecule has 1 aromatic heterocycles. The highest BCUT2D eigenvalue weighted by atomic mass is 32.2. The smallest absolute Gasteiger partial charge is 0.263 e. The predicted molar refractivity (Wildman–Crippen MR) is 70.5 cm³/mol. The molecule has 7 heteroatoms. The van der Waals surface area contributed by atoms with Gasteiger partial charge in [-0.15, -0.1) is 11.3 Å². The number of aromatic nitrogens is 1. The van der Waals surface area contributed by atoms with Gasteiger partial charge in [-0.05, 0) is 26.0 Å². The molecule has 0 atom stereocenters. The summed E-state index contributed by atoms with van der Waals surface area (Å²) in [4.78, 5) is 5.08. The Balaban J connectivity index is 2.33. The molecule has 0 aliphatic rings. The normalized spacial score (nSPS) is 11.4. The van der Waals surface area contributed by atoms with Crippen molar-refractivity contribution in [3.05, 3.63) is 34.8 Å². The lowest BCUT2D eigenvalue weighted by molar-refractivity contribution is 0.473. The molecule has 2 aromatic rings. The van der Waals surface area contributed by atoms with Gasteiger partial charge in [0.05, 0.1) is 10.6 Å². The zero-order valence-electron chi connectivity index (χ0n) is 9.84. The molecule has 1 heterocycles. The Bertz CT molecular complexity index is 658. The van der Waals surface area contributed by atoms with Crippen LogP contribution in [0.25, 0.3) is 0 Å². The summed E-state index contributed by atoms with van der Waals surface area (Å²) >= 11 is 1.28. The molecule has 0 saturated heterocycles. The van der Waals surface area contributed by atoms with Gasteiger partial charge in [0.25, 0.3) is 10.0 Å². The first kappa shape index (κ1) is 12.8. The van der Waals surface area contributed by atoms with Crippen molar-refractivity contribution in [1.82, 2.24) is 4.98 Å². The average Bonchev–Trinajstić information content (AvgIpc) is 2.57. The fraction of sp³-hybridized carbons (Fsp3) is 0.182. The van der Waals surface area contributed by atoms with Crippen LogP contribution in [-0.4, -0.2) is 18.5 Å². The first-order chi connectivity index (χ1) is 8.38. The lowest BCUT2D eigenvalue weighted by atomic mass is 10.3. The maximum absolute atomic E-state index is 12.0. The number of phenols is 1. The first-order valence-electron chi connectivity index (χ1n) is 5.14. The van der Waals surface area contributed by atoms with Crippen LogP contribution in [0.2, 0.25) is 0 Å². The van der Waals surface area contributed by atoms with Crippen LogP contribution in [0.1, 0.15) is 10.6 Å². The fourth-order valence-corrected chi connectivity index (χ4v) is 3.43. The van der Waals surface area contributed by atoms with E-state index in [1.807, 2.05) is 13.8 Å². The highest BCUT2D eigenvalue weighted by Gasteiger charge is 2.17. The molecule has 96 valence electrons. The van der Waals surface area contributed by atoms with Crippen molar-refractivity contribution in [2.45, 2.75) is 18.7 Å². The van der Waals surface area contributed by atoms with Crippen molar-refractivity contribution in [1.29, 1.82) is 0 Å². The van der Waals surface area contributed by atoms with Crippen molar-refractivity contribution in [2.24, 2.45) is 0 Å². The minimum Gasteiger partial charge on any atom is -0.508 e. The maximum atomic E-state index is 12.0. The second kappa shape index (κ2) is 4.58. The van der Waals surface area contributed by atoms with Crippen LogP contribution < -0.4 is 4.72 Å². The summed E-state index contributed by atoms with van der Waals surface area (Å²) in [6.07, 6.45) is 0. The number of hydrogen-bond donors (Lipinski definition) is 2. The lowest BCUT2D eigenvalue weighted by Crippen LogP contribution is -2.12. The SMILES string of the molecule is Cc1nc(NS(=O)(=O)c2cccc(O)c2)sc1C. The number of benzene rings is 1. The summed E-state index contributed by atoms with van der Waals surface area (Å²) in [5, 5.41) is 9.61. The van der Waals surface area contributed by atoms with Crippen LogP contribution in [-0.2, 0) is 10.0 Å². The van der Waals surface area contributed by atoms with Gasteiger partial charge in [-0.2, -0.15) is 0 Å². The monoisotopic (exact) mass is 284 g/mol. The van der Waals surface area contributed by atoms with Crippen molar-refractivity contribution in [3.63, 3.8) is 0 Å². The van der Waals surface area contributed by atoms with Crippen molar-refractivity contribution < 1.29 is 13.5 Å². The molecular weight excluding hydrogens is 272 g/mol. The molecule has 0 amide bonds. The Morgan fingerprint density at radius 3 is 2.61 bits per heavy atom. The highest BCUT2D eigenvalue weighted by Crippen LogP contribution is 2.25. The van der Waals surface area contributed by atoms with Gasteiger partial charge in [0, 0.05) is 10.9 Å². The molecule has 5 nitrogen and oxygen atoms in total. The number of phenolic OH excluding ortho intramolecular Hbond substituents is 1. The van der Waals surface area contributed by atoms with Crippen LogP contribution in [0.4, 0.5) is 5.13 Å². The van der Waals surface area contributed by atoms with Gasteiger partial charge in [-0.25, -0.2) is 13.4 Å². The zero-order valence-corrected chi connectivity index (χ0v) is 11.5. The molecular formula is C11H12N2O3S2. The molecule has 0 fully saturated rings. The van der Waals surface area contributed by atoms with Gasteiger partial charge in [-0.1, -0.05) is 6.07 Å². The number of aryl methyl sites for hydroxylation is 2. The van der Waals surface area contributed by atoms with Crippen LogP contribution in [0, 0.1) is 13.8 Å². The van der Waals surface area contributed by atoms with E-state index in [0.717, 1.165) is 10.6 Å². The minimum atomic E-state index is -3.70.